The molecular formula is C15H14BrFN2O2. The first kappa shape index (κ1) is 15.4. The quantitative estimate of drug-likeness (QED) is 0.899. The highest BCUT2D eigenvalue weighted by molar-refractivity contribution is 9.10. The maximum absolute atomic E-state index is 13.8. The topological polar surface area (TPSA) is 51.2 Å². The molecule has 6 heteroatoms. The molecule has 0 aliphatic heterocycles. The van der Waals surface area contributed by atoms with Gasteiger partial charge in [-0.2, -0.15) is 0 Å². The molecule has 1 amide bonds. The monoisotopic (exact) mass is 352 g/mol. The summed E-state index contributed by atoms with van der Waals surface area (Å²) in [5.41, 5.74) is 0.952. The summed E-state index contributed by atoms with van der Waals surface area (Å²) < 4.78 is 19.5. The van der Waals surface area contributed by atoms with Gasteiger partial charge in [0.2, 0.25) is 0 Å². The number of ether oxygens (including phenoxy) is 1. The van der Waals surface area contributed by atoms with E-state index in [-0.39, 0.29) is 11.3 Å². The van der Waals surface area contributed by atoms with E-state index < -0.39 is 11.7 Å². The van der Waals surface area contributed by atoms with Crippen LogP contribution in [-0.4, -0.2) is 24.5 Å². The molecule has 0 saturated heterocycles. The number of methoxy groups -OCH3 is 1. The zero-order valence-electron chi connectivity index (χ0n) is 11.4. The maximum atomic E-state index is 13.8. The first-order chi connectivity index (χ1) is 10.1. The summed E-state index contributed by atoms with van der Waals surface area (Å²) in [6.45, 7) is 0.401. The number of benzene rings is 1. The Hall–Kier alpha value is -1.95. The molecule has 2 rings (SSSR count). The summed E-state index contributed by atoms with van der Waals surface area (Å²) in [6.07, 6.45) is 4.02. The molecule has 110 valence electrons. The zero-order valence-corrected chi connectivity index (χ0v) is 13.0. The van der Waals surface area contributed by atoms with Gasteiger partial charge in [0.25, 0.3) is 5.91 Å². The molecule has 0 bridgehead atoms. The van der Waals surface area contributed by atoms with Crippen molar-refractivity contribution in [3.05, 3.63) is 58.1 Å². The Morgan fingerprint density at radius 1 is 1.33 bits per heavy atom. The summed E-state index contributed by atoms with van der Waals surface area (Å²) in [4.78, 5) is 16.0. The Bertz CT molecular complexity index is 635. The van der Waals surface area contributed by atoms with Gasteiger partial charge in [-0.25, -0.2) is 4.39 Å². The van der Waals surface area contributed by atoms with E-state index >= 15 is 0 Å². The summed E-state index contributed by atoms with van der Waals surface area (Å²) in [7, 11) is 1.40. The van der Waals surface area contributed by atoms with Crippen LogP contribution in [0, 0.1) is 5.82 Å². The van der Waals surface area contributed by atoms with Crippen LogP contribution < -0.4 is 10.1 Å². The van der Waals surface area contributed by atoms with Crippen LogP contribution in [0.25, 0.3) is 0 Å². The molecule has 1 N–H and O–H groups in total. The third kappa shape index (κ3) is 3.78. The van der Waals surface area contributed by atoms with Crippen molar-refractivity contribution in [1.29, 1.82) is 0 Å². The lowest BCUT2D eigenvalue weighted by Gasteiger charge is -2.11. The Balaban J connectivity index is 2.05. The Morgan fingerprint density at radius 3 is 2.71 bits per heavy atom. The zero-order chi connectivity index (χ0) is 15.2. The molecule has 4 nitrogen and oxygen atoms in total. The number of amides is 1. The van der Waals surface area contributed by atoms with Crippen LogP contribution in [0.2, 0.25) is 0 Å². The molecule has 0 aliphatic carbocycles. The number of hydrogen-bond acceptors (Lipinski definition) is 3. The molecule has 1 aromatic carbocycles. The number of nitrogens with one attached hydrogen (secondary N) is 1. The Kier molecular flexibility index (Phi) is 5.27. The van der Waals surface area contributed by atoms with E-state index in [0.717, 1.165) is 5.56 Å². The van der Waals surface area contributed by atoms with E-state index in [1.165, 1.54) is 19.2 Å². The summed E-state index contributed by atoms with van der Waals surface area (Å²) in [6, 6.07) is 6.46. The van der Waals surface area contributed by atoms with E-state index in [9.17, 15) is 9.18 Å². The molecule has 0 atom stereocenters. The number of hydrogen-bond donors (Lipinski definition) is 1. The van der Waals surface area contributed by atoms with Gasteiger partial charge in [0.1, 0.15) is 17.1 Å². The second-order valence-electron chi connectivity index (χ2n) is 4.30. The second-order valence-corrected chi connectivity index (χ2v) is 5.15. The van der Waals surface area contributed by atoms with Gasteiger partial charge >= 0.3 is 0 Å². The highest BCUT2D eigenvalue weighted by Crippen LogP contribution is 2.30. The van der Waals surface area contributed by atoms with E-state index in [1.807, 2.05) is 12.1 Å². The highest BCUT2D eigenvalue weighted by atomic mass is 79.9. The first-order valence-electron chi connectivity index (χ1n) is 6.32. The average Bonchev–Trinajstić information content (AvgIpc) is 2.50. The van der Waals surface area contributed by atoms with E-state index in [1.54, 1.807) is 12.4 Å². The Labute approximate surface area is 130 Å². The maximum Gasteiger partial charge on any atom is 0.258 e. The fraction of sp³-hybridized carbons (Fsp3) is 0.200. The standard InChI is InChI=1S/C15H14BrFN2O2/c1-21-14-11(16)2-3-12(17)13(14)15(20)19-9-6-10-4-7-18-8-5-10/h2-5,7-8H,6,9H2,1H3,(H,19,20). The predicted octanol–water partition coefficient (Wildman–Crippen LogP) is 2.96. The lowest BCUT2D eigenvalue weighted by Crippen LogP contribution is -2.27. The number of rotatable bonds is 5. The van der Waals surface area contributed by atoms with Crippen molar-refractivity contribution >= 4 is 21.8 Å². The van der Waals surface area contributed by atoms with Crippen LogP contribution in [0.5, 0.6) is 5.75 Å². The molecule has 0 fully saturated rings. The Morgan fingerprint density at radius 2 is 2.05 bits per heavy atom. The summed E-state index contributed by atoms with van der Waals surface area (Å²) in [5, 5.41) is 2.69. The van der Waals surface area contributed by atoms with Crippen molar-refractivity contribution in [2.24, 2.45) is 0 Å². The number of aromatic nitrogens is 1. The number of carbonyl (C=O) groups excluding carboxylic acids is 1. The number of pyridine rings is 1. The van der Waals surface area contributed by atoms with Crippen LogP contribution >= 0.6 is 15.9 Å². The van der Waals surface area contributed by atoms with Crippen LogP contribution in [0.3, 0.4) is 0 Å². The molecule has 0 radical (unpaired) electrons. The molecule has 0 aliphatic rings. The van der Waals surface area contributed by atoms with Gasteiger partial charge in [-0.05, 0) is 52.2 Å². The molecule has 21 heavy (non-hydrogen) atoms. The highest BCUT2D eigenvalue weighted by Gasteiger charge is 2.19. The summed E-state index contributed by atoms with van der Waals surface area (Å²) >= 11 is 3.24. The predicted molar refractivity (Wildman–Crippen MR) is 80.9 cm³/mol. The SMILES string of the molecule is COc1c(Br)ccc(F)c1C(=O)NCCc1ccncc1. The number of halogens is 2. The fourth-order valence-electron chi connectivity index (χ4n) is 1.90. The minimum atomic E-state index is -0.614. The molecule has 1 heterocycles. The van der Waals surface area contributed by atoms with Crippen LogP contribution in [0.4, 0.5) is 4.39 Å². The van der Waals surface area contributed by atoms with Crippen molar-refractivity contribution in [2.45, 2.75) is 6.42 Å². The lowest BCUT2D eigenvalue weighted by atomic mass is 10.1. The summed E-state index contributed by atoms with van der Waals surface area (Å²) in [5.74, 6) is -0.924. The second kappa shape index (κ2) is 7.17. The fourth-order valence-corrected chi connectivity index (χ4v) is 2.39. The molecule has 0 spiro atoms. The van der Waals surface area contributed by atoms with Gasteiger partial charge in [-0.1, -0.05) is 0 Å². The molecule has 2 aromatic rings. The van der Waals surface area contributed by atoms with Crippen molar-refractivity contribution in [3.63, 3.8) is 0 Å². The number of carbonyl (C=O) groups is 1. The third-order valence-corrected chi connectivity index (χ3v) is 3.56. The minimum absolute atomic E-state index is 0.0957. The van der Waals surface area contributed by atoms with Crippen molar-refractivity contribution < 1.29 is 13.9 Å². The van der Waals surface area contributed by atoms with Gasteiger partial charge in [-0.15, -0.1) is 0 Å². The van der Waals surface area contributed by atoms with Gasteiger partial charge in [0.15, 0.2) is 0 Å². The van der Waals surface area contributed by atoms with Crippen LogP contribution in [-0.2, 0) is 6.42 Å². The van der Waals surface area contributed by atoms with Gasteiger partial charge in [-0.3, -0.25) is 9.78 Å². The molecule has 0 unspecified atom stereocenters. The van der Waals surface area contributed by atoms with Gasteiger partial charge < -0.3 is 10.1 Å². The first-order valence-corrected chi connectivity index (χ1v) is 7.12. The smallest absolute Gasteiger partial charge is 0.258 e. The average molecular weight is 353 g/mol. The van der Waals surface area contributed by atoms with E-state index in [0.29, 0.717) is 17.4 Å². The van der Waals surface area contributed by atoms with Crippen molar-refractivity contribution in [2.75, 3.05) is 13.7 Å². The minimum Gasteiger partial charge on any atom is -0.495 e. The van der Waals surface area contributed by atoms with Gasteiger partial charge in [0.05, 0.1) is 11.6 Å². The van der Waals surface area contributed by atoms with E-state index in [4.69, 9.17) is 4.74 Å². The lowest BCUT2D eigenvalue weighted by molar-refractivity contribution is 0.0946. The van der Waals surface area contributed by atoms with Crippen molar-refractivity contribution in [1.82, 2.24) is 10.3 Å². The largest absolute Gasteiger partial charge is 0.495 e. The molecule has 0 saturated carbocycles. The van der Waals surface area contributed by atoms with Gasteiger partial charge in [0, 0.05) is 18.9 Å². The molecular weight excluding hydrogens is 339 g/mol. The van der Waals surface area contributed by atoms with E-state index in [2.05, 4.69) is 26.2 Å². The normalized spacial score (nSPS) is 10.2. The molecule has 1 aromatic heterocycles. The van der Waals surface area contributed by atoms with Crippen molar-refractivity contribution in [3.8, 4) is 5.75 Å². The number of nitrogens with zero attached hydrogens (tertiary/aromatic N) is 1. The van der Waals surface area contributed by atoms with Crippen LogP contribution in [0.15, 0.2) is 41.1 Å². The van der Waals surface area contributed by atoms with Crippen LogP contribution in [0.1, 0.15) is 15.9 Å². The third-order valence-electron chi connectivity index (χ3n) is 2.94.